The predicted octanol–water partition coefficient (Wildman–Crippen LogP) is 1.57. The molecule has 1 heterocycles. The largest absolute Gasteiger partial charge is 0.469 e. The van der Waals surface area contributed by atoms with Crippen molar-refractivity contribution in [1.82, 2.24) is 4.90 Å². The van der Waals surface area contributed by atoms with Crippen molar-refractivity contribution in [2.75, 3.05) is 26.7 Å². The molecule has 0 aromatic rings. The lowest BCUT2D eigenvalue weighted by Crippen LogP contribution is -2.49. The van der Waals surface area contributed by atoms with Gasteiger partial charge in [-0.05, 0) is 32.2 Å². The molecule has 0 spiro atoms. The highest BCUT2D eigenvalue weighted by Crippen LogP contribution is 2.30. The highest BCUT2D eigenvalue weighted by molar-refractivity contribution is 5.72. The van der Waals surface area contributed by atoms with Crippen LogP contribution in [0.5, 0.6) is 0 Å². The van der Waals surface area contributed by atoms with Crippen LogP contribution in [0, 0.1) is 5.92 Å². The lowest BCUT2D eigenvalue weighted by molar-refractivity contribution is -0.148. The first kappa shape index (κ1) is 13.8. The number of hydrogen-bond donors (Lipinski definition) is 1. The average molecular weight is 255 g/mol. The molecular weight excluding hydrogens is 230 g/mol. The van der Waals surface area contributed by atoms with Crippen LogP contribution in [0.2, 0.25) is 0 Å². The number of likely N-dealkylation sites (tertiary alicyclic amines) is 1. The van der Waals surface area contributed by atoms with Gasteiger partial charge in [0, 0.05) is 13.1 Å². The predicted molar refractivity (Wildman–Crippen MR) is 69.2 cm³/mol. The van der Waals surface area contributed by atoms with Gasteiger partial charge in [0.05, 0.1) is 18.6 Å². The normalized spacial score (nSPS) is 28.9. The Hall–Kier alpha value is -0.610. The summed E-state index contributed by atoms with van der Waals surface area (Å²) in [6.45, 7) is 2.46. The Labute approximate surface area is 109 Å². The number of hydrogen-bond acceptors (Lipinski definition) is 4. The number of ether oxygens (including phenoxy) is 1. The fourth-order valence-electron chi connectivity index (χ4n) is 3.34. The quantitative estimate of drug-likeness (QED) is 0.778. The summed E-state index contributed by atoms with van der Waals surface area (Å²) < 4.78 is 4.83. The molecule has 18 heavy (non-hydrogen) atoms. The number of esters is 1. The van der Waals surface area contributed by atoms with E-state index >= 15 is 0 Å². The standard InChI is InChI=1S/C14H25NO3/c1-18-13(16)12-6-5-9-15(10-12)11-14(17)7-3-2-4-8-14/h12,17H,2-11H2,1H3/t12-/m0/s1. The molecule has 2 rings (SSSR count). The lowest BCUT2D eigenvalue weighted by Gasteiger charge is -2.39. The molecule has 0 aromatic carbocycles. The molecule has 104 valence electrons. The molecule has 4 nitrogen and oxygen atoms in total. The fraction of sp³-hybridized carbons (Fsp3) is 0.929. The van der Waals surface area contributed by atoms with E-state index in [0.717, 1.165) is 58.2 Å². The SMILES string of the molecule is COC(=O)[C@H]1CCCN(CC2(O)CCCCC2)C1. The molecule has 0 amide bonds. The van der Waals surface area contributed by atoms with Gasteiger partial charge in [-0.25, -0.2) is 0 Å². The minimum atomic E-state index is -0.518. The van der Waals surface area contributed by atoms with Gasteiger partial charge in [0.15, 0.2) is 0 Å². The van der Waals surface area contributed by atoms with Gasteiger partial charge < -0.3 is 9.84 Å². The third kappa shape index (κ3) is 3.45. The number of β-amino-alcohol motifs (C(OH)–C–C–N with tert-alkyl or cyclic N) is 1. The second kappa shape index (κ2) is 6.02. The summed E-state index contributed by atoms with van der Waals surface area (Å²) in [7, 11) is 1.45. The van der Waals surface area contributed by atoms with Crippen molar-refractivity contribution < 1.29 is 14.6 Å². The van der Waals surface area contributed by atoms with Gasteiger partial charge >= 0.3 is 5.97 Å². The van der Waals surface area contributed by atoms with Crippen LogP contribution in [0.3, 0.4) is 0 Å². The fourth-order valence-corrected chi connectivity index (χ4v) is 3.34. The van der Waals surface area contributed by atoms with Crippen LogP contribution in [0.15, 0.2) is 0 Å². The highest BCUT2D eigenvalue weighted by atomic mass is 16.5. The number of carbonyl (C=O) groups is 1. The van der Waals surface area contributed by atoms with Gasteiger partial charge in [-0.2, -0.15) is 0 Å². The summed E-state index contributed by atoms with van der Waals surface area (Å²) in [5, 5.41) is 10.5. The van der Waals surface area contributed by atoms with E-state index in [9.17, 15) is 9.90 Å². The molecule has 0 bridgehead atoms. The Bertz CT molecular complexity index is 287. The minimum Gasteiger partial charge on any atom is -0.469 e. The molecule has 0 aromatic heterocycles. The van der Waals surface area contributed by atoms with Crippen LogP contribution in [-0.2, 0) is 9.53 Å². The van der Waals surface area contributed by atoms with Crippen molar-refractivity contribution in [2.45, 2.75) is 50.5 Å². The maximum absolute atomic E-state index is 11.6. The summed E-state index contributed by atoms with van der Waals surface area (Å²) in [5.74, 6) is -0.105. The van der Waals surface area contributed by atoms with Gasteiger partial charge in [0.25, 0.3) is 0 Å². The maximum Gasteiger partial charge on any atom is 0.309 e. The molecule has 2 aliphatic rings. The van der Waals surface area contributed by atoms with Gasteiger partial charge in [0.2, 0.25) is 0 Å². The second-order valence-corrected chi connectivity index (χ2v) is 5.88. The Morgan fingerprint density at radius 1 is 1.33 bits per heavy atom. The molecule has 0 radical (unpaired) electrons. The molecule has 1 saturated carbocycles. The van der Waals surface area contributed by atoms with E-state index < -0.39 is 5.60 Å². The third-order valence-corrected chi connectivity index (χ3v) is 4.34. The first-order valence-corrected chi connectivity index (χ1v) is 7.15. The van der Waals surface area contributed by atoms with Crippen LogP contribution < -0.4 is 0 Å². The van der Waals surface area contributed by atoms with E-state index in [4.69, 9.17) is 4.74 Å². The number of methoxy groups -OCH3 is 1. The number of rotatable bonds is 3. The number of piperidine rings is 1. The third-order valence-electron chi connectivity index (χ3n) is 4.34. The molecule has 4 heteroatoms. The number of nitrogens with zero attached hydrogens (tertiary/aromatic N) is 1. The van der Waals surface area contributed by atoms with Crippen LogP contribution in [0.1, 0.15) is 44.9 Å². The van der Waals surface area contributed by atoms with Crippen molar-refractivity contribution >= 4 is 5.97 Å². The zero-order valence-electron chi connectivity index (χ0n) is 11.4. The van der Waals surface area contributed by atoms with Gasteiger partial charge in [0.1, 0.15) is 0 Å². The van der Waals surface area contributed by atoms with Gasteiger partial charge in [-0.15, -0.1) is 0 Å². The molecular formula is C14H25NO3. The van der Waals surface area contributed by atoms with E-state index in [0.29, 0.717) is 0 Å². The first-order valence-electron chi connectivity index (χ1n) is 7.15. The van der Waals surface area contributed by atoms with Crippen molar-refractivity contribution in [3.05, 3.63) is 0 Å². The Morgan fingerprint density at radius 3 is 2.72 bits per heavy atom. The Morgan fingerprint density at radius 2 is 2.06 bits per heavy atom. The number of aliphatic hydroxyl groups is 1. The van der Waals surface area contributed by atoms with Crippen LogP contribution >= 0.6 is 0 Å². The van der Waals surface area contributed by atoms with Crippen molar-refractivity contribution in [3.8, 4) is 0 Å². The molecule has 1 atom stereocenters. The smallest absolute Gasteiger partial charge is 0.309 e. The first-order chi connectivity index (χ1) is 8.63. The van der Waals surface area contributed by atoms with Crippen LogP contribution in [0.4, 0.5) is 0 Å². The molecule has 0 unspecified atom stereocenters. The zero-order valence-corrected chi connectivity index (χ0v) is 11.4. The monoisotopic (exact) mass is 255 g/mol. The number of carbonyl (C=O) groups excluding carboxylic acids is 1. The van der Waals surface area contributed by atoms with Crippen molar-refractivity contribution in [2.24, 2.45) is 5.92 Å². The van der Waals surface area contributed by atoms with E-state index in [-0.39, 0.29) is 11.9 Å². The highest BCUT2D eigenvalue weighted by Gasteiger charge is 2.34. The van der Waals surface area contributed by atoms with Crippen LogP contribution in [-0.4, -0.2) is 48.3 Å². The van der Waals surface area contributed by atoms with E-state index in [1.165, 1.54) is 13.5 Å². The molecule has 1 aliphatic carbocycles. The summed E-state index contributed by atoms with van der Waals surface area (Å²) in [5.41, 5.74) is -0.518. The van der Waals surface area contributed by atoms with E-state index in [1.54, 1.807) is 0 Å². The Balaban J connectivity index is 1.87. The molecule has 2 fully saturated rings. The van der Waals surface area contributed by atoms with Crippen molar-refractivity contribution in [1.29, 1.82) is 0 Å². The van der Waals surface area contributed by atoms with E-state index in [2.05, 4.69) is 4.90 Å². The summed E-state index contributed by atoms with van der Waals surface area (Å²) in [6.07, 6.45) is 7.26. The lowest BCUT2D eigenvalue weighted by atomic mass is 9.84. The summed E-state index contributed by atoms with van der Waals surface area (Å²) in [6, 6.07) is 0. The summed E-state index contributed by atoms with van der Waals surface area (Å²) >= 11 is 0. The Kier molecular flexibility index (Phi) is 4.62. The molecule has 1 N–H and O–H groups in total. The zero-order chi connectivity index (χ0) is 13.0. The summed E-state index contributed by atoms with van der Waals surface area (Å²) in [4.78, 5) is 13.8. The maximum atomic E-state index is 11.6. The molecule has 1 saturated heterocycles. The minimum absolute atomic E-state index is 0.00376. The van der Waals surface area contributed by atoms with Crippen LogP contribution in [0.25, 0.3) is 0 Å². The topological polar surface area (TPSA) is 49.8 Å². The van der Waals surface area contributed by atoms with Crippen molar-refractivity contribution in [3.63, 3.8) is 0 Å². The second-order valence-electron chi connectivity index (χ2n) is 5.88. The molecule has 1 aliphatic heterocycles. The average Bonchev–Trinajstić information content (AvgIpc) is 2.38. The van der Waals surface area contributed by atoms with E-state index in [1.807, 2.05) is 0 Å². The van der Waals surface area contributed by atoms with Gasteiger partial charge in [-0.3, -0.25) is 9.69 Å². The van der Waals surface area contributed by atoms with Gasteiger partial charge in [-0.1, -0.05) is 19.3 Å².